The van der Waals surface area contributed by atoms with Crippen molar-refractivity contribution in [3.63, 3.8) is 0 Å². The number of rotatable bonds is 5. The maximum atomic E-state index is 4.45. The summed E-state index contributed by atoms with van der Waals surface area (Å²) in [5.74, 6) is 0.919. The molecule has 0 spiro atoms. The second kappa shape index (κ2) is 8.05. The van der Waals surface area contributed by atoms with Gasteiger partial charge in [-0.25, -0.2) is 9.97 Å². The third-order valence-electron chi connectivity index (χ3n) is 3.64. The monoisotopic (exact) mass is 259 g/mol. The van der Waals surface area contributed by atoms with Gasteiger partial charge in [0.1, 0.15) is 5.82 Å². The van der Waals surface area contributed by atoms with Gasteiger partial charge in [-0.05, 0) is 50.3 Å². The summed E-state index contributed by atoms with van der Waals surface area (Å²) in [7, 11) is 0. The molecule has 1 atom stereocenters. The van der Waals surface area contributed by atoms with Crippen LogP contribution in [0.2, 0.25) is 0 Å². The molecule has 1 aromatic rings. The molecule has 3 heteroatoms. The van der Waals surface area contributed by atoms with E-state index >= 15 is 0 Å². The number of hydrogen-bond acceptors (Lipinski definition) is 3. The van der Waals surface area contributed by atoms with E-state index in [2.05, 4.69) is 28.3 Å². The van der Waals surface area contributed by atoms with Crippen molar-refractivity contribution < 1.29 is 0 Å². The van der Waals surface area contributed by atoms with E-state index in [0.29, 0.717) is 0 Å². The van der Waals surface area contributed by atoms with Crippen molar-refractivity contribution in [1.82, 2.24) is 15.3 Å². The second-order valence-corrected chi connectivity index (χ2v) is 5.23. The number of nitrogens with one attached hydrogen (secondary N) is 1. The lowest BCUT2D eigenvalue weighted by Gasteiger charge is -2.22. The summed E-state index contributed by atoms with van der Waals surface area (Å²) in [5, 5.41) is 3.61. The van der Waals surface area contributed by atoms with E-state index in [1.54, 1.807) is 0 Å². The number of hydrogen-bond donors (Lipinski definition) is 1. The fourth-order valence-corrected chi connectivity index (χ4v) is 2.62. The van der Waals surface area contributed by atoms with Crippen LogP contribution < -0.4 is 5.32 Å². The van der Waals surface area contributed by atoms with Crippen LogP contribution in [0.1, 0.15) is 63.7 Å². The van der Waals surface area contributed by atoms with Gasteiger partial charge in [0.25, 0.3) is 0 Å². The Morgan fingerprint density at radius 3 is 2.74 bits per heavy atom. The lowest BCUT2D eigenvalue weighted by Crippen LogP contribution is -2.26. The molecule has 1 unspecified atom stereocenters. The van der Waals surface area contributed by atoms with Crippen LogP contribution in [0, 0.1) is 0 Å². The van der Waals surface area contributed by atoms with Gasteiger partial charge in [-0.15, -0.1) is 0 Å². The Balaban J connectivity index is 2.15. The molecule has 19 heavy (non-hydrogen) atoms. The Hall–Kier alpha value is -1.22. The third-order valence-corrected chi connectivity index (χ3v) is 3.64. The maximum absolute atomic E-state index is 4.45. The van der Waals surface area contributed by atoms with Crippen molar-refractivity contribution in [2.45, 2.75) is 57.9 Å². The topological polar surface area (TPSA) is 37.8 Å². The Morgan fingerprint density at radius 1 is 1.16 bits per heavy atom. The third kappa shape index (κ3) is 4.43. The van der Waals surface area contributed by atoms with E-state index in [1.807, 2.05) is 18.5 Å². The maximum Gasteiger partial charge on any atom is 0.149 e. The van der Waals surface area contributed by atoms with Crippen LogP contribution in [0.4, 0.5) is 0 Å². The largest absolute Gasteiger partial charge is 0.304 e. The van der Waals surface area contributed by atoms with Crippen LogP contribution in [0.5, 0.6) is 0 Å². The molecule has 0 saturated heterocycles. The molecule has 1 N–H and O–H groups in total. The van der Waals surface area contributed by atoms with Gasteiger partial charge < -0.3 is 5.32 Å². The number of aromatic nitrogens is 2. The molecule has 104 valence electrons. The fourth-order valence-electron chi connectivity index (χ4n) is 2.62. The zero-order valence-corrected chi connectivity index (χ0v) is 11.9. The van der Waals surface area contributed by atoms with Gasteiger partial charge in [-0.3, -0.25) is 0 Å². The molecule has 1 aliphatic rings. The van der Waals surface area contributed by atoms with Crippen molar-refractivity contribution in [2.75, 3.05) is 6.54 Å². The van der Waals surface area contributed by atoms with Crippen LogP contribution in [0.15, 0.2) is 30.1 Å². The number of nitrogens with zero attached hydrogens (tertiary/aromatic N) is 2. The van der Waals surface area contributed by atoms with Crippen molar-refractivity contribution in [3.8, 4) is 0 Å². The Kier molecular flexibility index (Phi) is 6.02. The molecule has 3 nitrogen and oxygen atoms in total. The van der Waals surface area contributed by atoms with E-state index in [0.717, 1.165) is 18.8 Å². The van der Waals surface area contributed by atoms with Gasteiger partial charge in [0.05, 0.1) is 6.04 Å². The summed E-state index contributed by atoms with van der Waals surface area (Å²) in [4.78, 5) is 8.89. The van der Waals surface area contributed by atoms with Gasteiger partial charge in [0.2, 0.25) is 0 Å². The molecule has 0 saturated carbocycles. The van der Waals surface area contributed by atoms with E-state index in [-0.39, 0.29) is 6.04 Å². The molecule has 0 bridgehead atoms. The molecule has 1 aliphatic carbocycles. The average molecular weight is 259 g/mol. The highest BCUT2D eigenvalue weighted by Crippen LogP contribution is 2.26. The molecule has 1 aromatic heterocycles. The number of allylic oxidation sites excluding steroid dienone is 1. The minimum absolute atomic E-state index is 0.208. The van der Waals surface area contributed by atoms with Gasteiger partial charge in [0.15, 0.2) is 0 Å². The summed E-state index contributed by atoms with van der Waals surface area (Å²) in [6.07, 6.45) is 15.0. The average Bonchev–Trinajstić information content (AvgIpc) is 2.42. The minimum Gasteiger partial charge on any atom is -0.304 e. The molecule has 0 fully saturated rings. The van der Waals surface area contributed by atoms with Gasteiger partial charge in [-0.1, -0.05) is 25.8 Å². The molecule has 0 amide bonds. The van der Waals surface area contributed by atoms with Crippen LogP contribution >= 0.6 is 0 Å². The summed E-state index contributed by atoms with van der Waals surface area (Å²) in [5.41, 5.74) is 1.49. The van der Waals surface area contributed by atoms with Gasteiger partial charge >= 0.3 is 0 Å². The molecule has 0 radical (unpaired) electrons. The highest BCUT2D eigenvalue weighted by molar-refractivity contribution is 5.18. The van der Waals surface area contributed by atoms with E-state index in [1.165, 1.54) is 44.1 Å². The molecule has 0 aliphatic heterocycles. The Bertz CT molecular complexity index is 386. The molecule has 0 aromatic carbocycles. The molecule has 2 rings (SSSR count). The first-order valence-corrected chi connectivity index (χ1v) is 7.61. The zero-order valence-electron chi connectivity index (χ0n) is 11.9. The quantitative estimate of drug-likeness (QED) is 0.817. The predicted molar refractivity (Wildman–Crippen MR) is 78.9 cm³/mol. The van der Waals surface area contributed by atoms with E-state index in [9.17, 15) is 0 Å². The normalized spacial score (nSPS) is 21.0. The molecular formula is C16H25N3. The van der Waals surface area contributed by atoms with Crippen molar-refractivity contribution in [2.24, 2.45) is 0 Å². The van der Waals surface area contributed by atoms with Gasteiger partial charge in [0, 0.05) is 12.4 Å². The lowest BCUT2D eigenvalue weighted by atomic mass is 9.94. The standard InChI is InChI=1S/C16H25N3/c1-2-11-17-15(16-18-12-8-13-19-16)14-9-6-4-3-5-7-10-14/h8-9,12-13,15,17H,2-7,10-11H2,1H3/b14-9+. The summed E-state index contributed by atoms with van der Waals surface area (Å²) in [6.45, 7) is 3.21. The predicted octanol–water partition coefficient (Wildman–Crippen LogP) is 3.80. The highest BCUT2D eigenvalue weighted by Gasteiger charge is 2.18. The fraction of sp³-hybridized carbons (Fsp3) is 0.625. The molecule has 1 heterocycles. The van der Waals surface area contributed by atoms with E-state index < -0.39 is 0 Å². The second-order valence-electron chi connectivity index (χ2n) is 5.23. The molecular weight excluding hydrogens is 234 g/mol. The smallest absolute Gasteiger partial charge is 0.149 e. The lowest BCUT2D eigenvalue weighted by molar-refractivity contribution is 0.523. The van der Waals surface area contributed by atoms with E-state index in [4.69, 9.17) is 0 Å². The Morgan fingerprint density at radius 2 is 1.95 bits per heavy atom. The van der Waals surface area contributed by atoms with Crippen molar-refractivity contribution >= 4 is 0 Å². The minimum atomic E-state index is 0.208. The van der Waals surface area contributed by atoms with Crippen LogP contribution in [0.25, 0.3) is 0 Å². The Labute approximate surface area is 116 Å². The first kappa shape index (κ1) is 14.2. The van der Waals surface area contributed by atoms with Crippen LogP contribution in [-0.2, 0) is 0 Å². The summed E-state index contributed by atoms with van der Waals surface area (Å²) < 4.78 is 0. The zero-order chi connectivity index (χ0) is 13.3. The first-order valence-electron chi connectivity index (χ1n) is 7.61. The first-order chi connectivity index (χ1) is 9.42. The van der Waals surface area contributed by atoms with Crippen molar-refractivity contribution in [3.05, 3.63) is 35.9 Å². The summed E-state index contributed by atoms with van der Waals surface area (Å²) >= 11 is 0. The highest BCUT2D eigenvalue weighted by atomic mass is 15.0. The van der Waals surface area contributed by atoms with Gasteiger partial charge in [-0.2, -0.15) is 0 Å². The van der Waals surface area contributed by atoms with Crippen LogP contribution in [-0.4, -0.2) is 16.5 Å². The summed E-state index contributed by atoms with van der Waals surface area (Å²) in [6, 6.07) is 2.09. The van der Waals surface area contributed by atoms with Crippen LogP contribution in [0.3, 0.4) is 0 Å². The SMILES string of the molecule is CCCNC(/C1=C/CCCCCC1)c1ncccn1. The van der Waals surface area contributed by atoms with Crippen molar-refractivity contribution in [1.29, 1.82) is 0 Å².